The van der Waals surface area contributed by atoms with Crippen LogP contribution in [0.2, 0.25) is 0 Å². The van der Waals surface area contributed by atoms with Gasteiger partial charge in [-0.2, -0.15) is 5.10 Å². The molecule has 0 unspecified atom stereocenters. The number of aromatic nitrogens is 5. The molecule has 2 heterocycles. The lowest BCUT2D eigenvalue weighted by Crippen LogP contribution is -2.33. The van der Waals surface area contributed by atoms with E-state index in [1.807, 2.05) is 46.0 Å². The maximum Gasteiger partial charge on any atom is 0.251 e. The number of rotatable bonds is 7. The van der Waals surface area contributed by atoms with Gasteiger partial charge in [0.15, 0.2) is 0 Å². The van der Waals surface area contributed by atoms with E-state index >= 15 is 0 Å². The molecule has 8 nitrogen and oxygen atoms in total. The third kappa shape index (κ3) is 4.33. The largest absolute Gasteiger partial charge is 0.477 e. The summed E-state index contributed by atoms with van der Waals surface area (Å²) in [7, 11) is 1.82. The third-order valence-electron chi connectivity index (χ3n) is 4.35. The Hall–Kier alpha value is -3.29. The Balaban J connectivity index is 1.73. The number of amides is 1. The number of nitrogens with zero attached hydrogens (tertiary/aromatic N) is 5. The van der Waals surface area contributed by atoms with Crippen molar-refractivity contribution in [2.24, 2.45) is 13.0 Å². The third-order valence-corrected chi connectivity index (χ3v) is 4.35. The van der Waals surface area contributed by atoms with Gasteiger partial charge in [0.25, 0.3) is 5.91 Å². The second-order valence-corrected chi connectivity index (χ2v) is 6.70. The van der Waals surface area contributed by atoms with E-state index < -0.39 is 0 Å². The first-order valence-corrected chi connectivity index (χ1v) is 9.21. The van der Waals surface area contributed by atoms with Gasteiger partial charge in [-0.15, -0.1) is 10.2 Å². The molecule has 1 atom stereocenters. The van der Waals surface area contributed by atoms with Crippen LogP contribution in [0.5, 0.6) is 5.88 Å². The summed E-state index contributed by atoms with van der Waals surface area (Å²) in [6, 6.07) is 10.7. The van der Waals surface area contributed by atoms with E-state index in [2.05, 4.69) is 25.6 Å². The van der Waals surface area contributed by atoms with Crippen LogP contribution in [0.4, 0.5) is 0 Å². The van der Waals surface area contributed by atoms with Gasteiger partial charge in [0.2, 0.25) is 5.88 Å². The summed E-state index contributed by atoms with van der Waals surface area (Å²) in [5.74, 6) is 1.23. The summed E-state index contributed by atoms with van der Waals surface area (Å²) in [4.78, 5) is 17.0. The Labute approximate surface area is 164 Å². The van der Waals surface area contributed by atoms with Crippen LogP contribution in [0.1, 0.15) is 43.0 Å². The summed E-state index contributed by atoms with van der Waals surface area (Å²) < 4.78 is 6.98. The van der Waals surface area contributed by atoms with Crippen LogP contribution >= 0.6 is 0 Å². The fourth-order valence-corrected chi connectivity index (χ4v) is 2.83. The molecule has 0 spiro atoms. The molecule has 0 saturated carbocycles. The summed E-state index contributed by atoms with van der Waals surface area (Å²) in [5.41, 5.74) is 2.16. The molecule has 3 rings (SSSR count). The SMILES string of the molecule is CCOc1ccc(-c2ccc(C(=O)N[C@@H](c3ncnn3C)C(C)C)cc2)nn1. The molecule has 0 fully saturated rings. The summed E-state index contributed by atoms with van der Waals surface area (Å²) in [5, 5.41) is 15.3. The average molecular weight is 380 g/mol. The molecule has 146 valence electrons. The van der Waals surface area contributed by atoms with Crippen LogP contribution in [0.3, 0.4) is 0 Å². The molecule has 28 heavy (non-hydrogen) atoms. The van der Waals surface area contributed by atoms with Crippen LogP contribution in [0, 0.1) is 5.92 Å². The van der Waals surface area contributed by atoms with Gasteiger partial charge in [-0.25, -0.2) is 4.98 Å². The smallest absolute Gasteiger partial charge is 0.251 e. The molecule has 2 aromatic heterocycles. The van der Waals surface area contributed by atoms with Crippen molar-refractivity contribution in [2.75, 3.05) is 6.61 Å². The molecule has 0 saturated heterocycles. The fourth-order valence-electron chi connectivity index (χ4n) is 2.83. The zero-order chi connectivity index (χ0) is 20.1. The zero-order valence-corrected chi connectivity index (χ0v) is 16.5. The van der Waals surface area contributed by atoms with Crippen molar-refractivity contribution < 1.29 is 9.53 Å². The number of hydrogen-bond donors (Lipinski definition) is 1. The second kappa shape index (κ2) is 8.60. The van der Waals surface area contributed by atoms with Gasteiger partial charge in [0, 0.05) is 24.2 Å². The summed E-state index contributed by atoms with van der Waals surface area (Å²) in [6.07, 6.45) is 1.49. The van der Waals surface area contributed by atoms with Gasteiger partial charge in [0.05, 0.1) is 18.3 Å². The molecule has 0 bridgehead atoms. The predicted molar refractivity (Wildman–Crippen MR) is 105 cm³/mol. The minimum Gasteiger partial charge on any atom is -0.477 e. The molecule has 1 aromatic carbocycles. The van der Waals surface area contributed by atoms with Gasteiger partial charge >= 0.3 is 0 Å². The average Bonchev–Trinajstić information content (AvgIpc) is 3.12. The molecule has 0 aliphatic rings. The molecule has 1 amide bonds. The fraction of sp³-hybridized carbons (Fsp3) is 0.350. The second-order valence-electron chi connectivity index (χ2n) is 6.70. The monoisotopic (exact) mass is 380 g/mol. The van der Waals surface area contributed by atoms with Crippen LogP contribution in [-0.2, 0) is 7.05 Å². The minimum absolute atomic E-state index is 0.161. The first-order valence-electron chi connectivity index (χ1n) is 9.21. The number of carbonyl (C=O) groups excluding carboxylic acids is 1. The van der Waals surface area contributed by atoms with Gasteiger partial charge < -0.3 is 10.1 Å². The van der Waals surface area contributed by atoms with Crippen molar-refractivity contribution in [1.82, 2.24) is 30.3 Å². The van der Waals surface area contributed by atoms with Crippen LogP contribution < -0.4 is 10.1 Å². The van der Waals surface area contributed by atoms with E-state index in [1.165, 1.54) is 6.33 Å². The van der Waals surface area contributed by atoms with Crippen LogP contribution in [-0.4, -0.2) is 37.5 Å². The first-order chi connectivity index (χ1) is 13.5. The molecule has 1 N–H and O–H groups in total. The van der Waals surface area contributed by atoms with Gasteiger partial charge in [0.1, 0.15) is 12.2 Å². The lowest BCUT2D eigenvalue weighted by atomic mass is 10.0. The van der Waals surface area contributed by atoms with E-state index in [0.29, 0.717) is 18.1 Å². The van der Waals surface area contributed by atoms with Crippen molar-refractivity contribution in [2.45, 2.75) is 26.8 Å². The van der Waals surface area contributed by atoms with Crippen LogP contribution in [0.15, 0.2) is 42.7 Å². The van der Waals surface area contributed by atoms with Gasteiger partial charge in [-0.05, 0) is 31.0 Å². The van der Waals surface area contributed by atoms with E-state index in [4.69, 9.17) is 4.74 Å². The number of carbonyl (C=O) groups is 1. The van der Waals surface area contributed by atoms with Gasteiger partial charge in [-0.1, -0.05) is 26.0 Å². The summed E-state index contributed by atoms with van der Waals surface area (Å²) >= 11 is 0. The Kier molecular flexibility index (Phi) is 5.98. The quantitative estimate of drug-likeness (QED) is 0.677. The highest BCUT2D eigenvalue weighted by atomic mass is 16.5. The van der Waals surface area contributed by atoms with Crippen molar-refractivity contribution >= 4 is 5.91 Å². The summed E-state index contributed by atoms with van der Waals surface area (Å²) in [6.45, 7) is 6.51. The molecule has 8 heteroatoms. The predicted octanol–water partition coefficient (Wildman–Crippen LogP) is 2.80. The highest BCUT2D eigenvalue weighted by Gasteiger charge is 2.23. The molecule has 0 radical (unpaired) electrons. The minimum atomic E-state index is -0.225. The lowest BCUT2D eigenvalue weighted by molar-refractivity contribution is 0.0922. The van der Waals surface area contributed by atoms with Crippen LogP contribution in [0.25, 0.3) is 11.3 Å². The standard InChI is InChI=1S/C20H24N6O2/c1-5-28-17-11-10-16(24-25-17)14-6-8-15(9-7-14)20(27)23-18(13(2)3)19-21-12-22-26(19)4/h6-13,18H,5H2,1-4H3,(H,23,27)/t18-/m1/s1. The number of ether oxygens (including phenoxy) is 1. The van der Waals surface area contributed by atoms with Crippen molar-refractivity contribution in [3.63, 3.8) is 0 Å². The number of nitrogens with one attached hydrogen (secondary N) is 1. The molecular formula is C20H24N6O2. The molecular weight excluding hydrogens is 356 g/mol. The van der Waals surface area contributed by atoms with E-state index in [1.54, 1.807) is 22.9 Å². The highest BCUT2D eigenvalue weighted by molar-refractivity contribution is 5.94. The van der Waals surface area contributed by atoms with Gasteiger partial charge in [-0.3, -0.25) is 9.48 Å². The maximum atomic E-state index is 12.7. The molecule has 3 aromatic rings. The van der Waals surface area contributed by atoms with Crippen molar-refractivity contribution in [3.8, 4) is 17.1 Å². The normalized spacial score (nSPS) is 12.0. The highest BCUT2D eigenvalue weighted by Crippen LogP contribution is 2.21. The van der Waals surface area contributed by atoms with E-state index in [9.17, 15) is 4.79 Å². The van der Waals surface area contributed by atoms with Crippen molar-refractivity contribution in [1.29, 1.82) is 0 Å². The molecule has 0 aliphatic heterocycles. The van der Waals surface area contributed by atoms with E-state index in [-0.39, 0.29) is 17.9 Å². The Bertz CT molecular complexity index is 919. The van der Waals surface area contributed by atoms with E-state index in [0.717, 1.165) is 17.1 Å². The lowest BCUT2D eigenvalue weighted by Gasteiger charge is -2.21. The number of aryl methyl sites for hydroxylation is 1. The number of hydrogen-bond acceptors (Lipinski definition) is 6. The Morgan fingerprint density at radius 1 is 1.14 bits per heavy atom. The Morgan fingerprint density at radius 2 is 1.89 bits per heavy atom. The molecule has 0 aliphatic carbocycles. The maximum absolute atomic E-state index is 12.7. The number of benzene rings is 1. The zero-order valence-electron chi connectivity index (χ0n) is 16.5. The first kappa shape index (κ1) is 19.5. The van der Waals surface area contributed by atoms with Crippen molar-refractivity contribution in [3.05, 3.63) is 54.1 Å². The Morgan fingerprint density at radius 3 is 2.43 bits per heavy atom. The topological polar surface area (TPSA) is 94.8 Å².